The number of allylic oxidation sites excluding steroid dienone is 4. The van der Waals surface area contributed by atoms with Gasteiger partial charge >= 0.3 is 6.09 Å². The van der Waals surface area contributed by atoms with Crippen molar-refractivity contribution in [3.63, 3.8) is 0 Å². The smallest absolute Gasteiger partial charge is 0.407 e. The Morgan fingerprint density at radius 1 is 0.520 bits per heavy atom. The topological polar surface area (TPSA) is 60.0 Å². The number of carbonyl (C=O) groups excluding carboxylic acids is 1. The second kappa shape index (κ2) is 42.0. The maximum atomic E-state index is 12.3. The van der Waals surface area contributed by atoms with Crippen molar-refractivity contribution in [1.29, 1.82) is 0 Å². The number of amides is 1. The molecule has 0 spiro atoms. The lowest BCUT2D eigenvalue weighted by Gasteiger charge is -2.19. The Morgan fingerprint density at radius 3 is 1.22 bits per heavy atom. The molecule has 296 valence electrons. The van der Waals surface area contributed by atoms with Crippen LogP contribution in [0.5, 0.6) is 0 Å². The monoisotopic (exact) mass is 707 g/mol. The minimum absolute atomic E-state index is 0.377. The maximum absolute atomic E-state index is 12.3. The summed E-state index contributed by atoms with van der Waals surface area (Å²) in [6.45, 7) is 8.08. The molecule has 0 rings (SSSR count). The normalized spacial score (nSPS) is 12.5. The summed E-state index contributed by atoms with van der Waals surface area (Å²) in [7, 11) is 3.98. The van der Waals surface area contributed by atoms with Gasteiger partial charge in [0.25, 0.3) is 0 Å². The summed E-state index contributed by atoms with van der Waals surface area (Å²) < 4.78 is 17.5. The van der Waals surface area contributed by atoms with E-state index < -0.39 is 6.09 Å². The first-order valence-electron chi connectivity index (χ1n) is 21.6. The molecule has 0 saturated carbocycles. The molecule has 0 aromatic rings. The second-order valence-electron chi connectivity index (χ2n) is 14.8. The van der Waals surface area contributed by atoms with Crippen LogP contribution in [0.25, 0.3) is 0 Å². The fourth-order valence-corrected chi connectivity index (χ4v) is 6.02. The molecule has 1 N–H and O–H groups in total. The van der Waals surface area contributed by atoms with Gasteiger partial charge in [-0.2, -0.15) is 0 Å². The Kier molecular flexibility index (Phi) is 40.9. The zero-order valence-corrected chi connectivity index (χ0v) is 34.0. The molecule has 0 aliphatic carbocycles. The molecule has 0 heterocycles. The van der Waals surface area contributed by atoms with E-state index in [1.54, 1.807) is 0 Å². The molecule has 0 fully saturated rings. The van der Waals surface area contributed by atoms with Crippen molar-refractivity contribution in [1.82, 2.24) is 10.2 Å². The van der Waals surface area contributed by atoms with Gasteiger partial charge in [0.05, 0.1) is 13.2 Å². The highest BCUT2D eigenvalue weighted by Crippen LogP contribution is 2.12. The third kappa shape index (κ3) is 41.1. The summed E-state index contributed by atoms with van der Waals surface area (Å²) in [6.07, 6.45) is 45.2. The quantitative estimate of drug-likeness (QED) is 0.0508. The number of unbranched alkanes of at least 4 members (excludes halogenated alkanes) is 24. The molecule has 50 heavy (non-hydrogen) atoms. The molecule has 0 saturated heterocycles. The zero-order valence-electron chi connectivity index (χ0n) is 34.0. The van der Waals surface area contributed by atoms with Gasteiger partial charge in [0.1, 0.15) is 0 Å². The molecular weight excluding hydrogens is 620 g/mol. The number of nitrogens with one attached hydrogen (secondary N) is 1. The van der Waals surface area contributed by atoms with Crippen molar-refractivity contribution in [3.05, 3.63) is 24.3 Å². The molecule has 0 bridgehead atoms. The van der Waals surface area contributed by atoms with Crippen LogP contribution in [0.4, 0.5) is 4.79 Å². The number of alkyl carbamates (subject to hydrolysis) is 1. The first-order valence-corrected chi connectivity index (χ1v) is 21.6. The van der Waals surface area contributed by atoms with Crippen LogP contribution in [0, 0.1) is 0 Å². The van der Waals surface area contributed by atoms with E-state index in [1.165, 1.54) is 167 Å². The molecule has 0 radical (unpaired) electrons. The van der Waals surface area contributed by atoms with Crippen LogP contribution in [0.1, 0.15) is 194 Å². The number of nitrogens with zero attached hydrogens (tertiary/aromatic N) is 1. The summed E-state index contributed by atoms with van der Waals surface area (Å²) in [4.78, 5) is 14.4. The average Bonchev–Trinajstić information content (AvgIpc) is 3.10. The fraction of sp³-hybridized carbons (Fsp3) is 0.886. The van der Waals surface area contributed by atoms with Crippen LogP contribution in [0.3, 0.4) is 0 Å². The van der Waals surface area contributed by atoms with Crippen LogP contribution in [0.2, 0.25) is 0 Å². The number of hydrogen-bond donors (Lipinski definition) is 1. The molecule has 6 nitrogen and oxygen atoms in total. The Labute approximate surface area is 312 Å². The molecule has 0 aliphatic heterocycles. The highest BCUT2D eigenvalue weighted by Gasteiger charge is 2.15. The van der Waals surface area contributed by atoms with Gasteiger partial charge in [-0.3, -0.25) is 0 Å². The van der Waals surface area contributed by atoms with Crippen molar-refractivity contribution in [2.75, 3.05) is 53.6 Å². The van der Waals surface area contributed by atoms with E-state index >= 15 is 0 Å². The van der Waals surface area contributed by atoms with Gasteiger partial charge in [-0.05, 0) is 78.3 Å². The van der Waals surface area contributed by atoms with Crippen LogP contribution in [-0.4, -0.2) is 70.7 Å². The van der Waals surface area contributed by atoms with Gasteiger partial charge in [-0.15, -0.1) is 0 Å². The standard InChI is InChI=1S/C44H86N2O4/c1-5-7-9-11-13-15-17-19-21-23-25-27-29-31-33-35-39-48-41-43(50-44(47)45-37-38-46(3)4)42-49-40-36-34-32-30-28-26-24-22-20-18-16-14-12-10-8-6-2/h19-22,43H,5-18,23-42H2,1-4H3,(H,45,47). The van der Waals surface area contributed by atoms with E-state index in [-0.39, 0.29) is 6.10 Å². The van der Waals surface area contributed by atoms with Gasteiger partial charge in [0.15, 0.2) is 6.10 Å². The van der Waals surface area contributed by atoms with E-state index in [9.17, 15) is 4.79 Å². The first kappa shape index (κ1) is 48.6. The Balaban J connectivity index is 3.89. The Hall–Kier alpha value is -1.37. The third-order valence-electron chi connectivity index (χ3n) is 9.31. The fourth-order valence-electron chi connectivity index (χ4n) is 6.02. The number of likely N-dealkylation sites (N-methyl/N-ethyl adjacent to an activating group) is 1. The van der Waals surface area contributed by atoms with E-state index in [1.807, 2.05) is 19.0 Å². The molecule has 0 aromatic carbocycles. The van der Waals surface area contributed by atoms with E-state index in [4.69, 9.17) is 14.2 Å². The highest BCUT2D eigenvalue weighted by molar-refractivity contribution is 5.67. The van der Waals surface area contributed by atoms with Crippen molar-refractivity contribution < 1.29 is 19.0 Å². The SMILES string of the molecule is CCCCCCCCC=CCCCCCCCCOCC(COCCCCCCCCC=CCCCCCCCC)OC(=O)NCCN(C)C. The van der Waals surface area contributed by atoms with Crippen LogP contribution in [0.15, 0.2) is 24.3 Å². The largest absolute Gasteiger partial charge is 0.441 e. The molecular formula is C44H86N2O4. The summed E-state index contributed by atoms with van der Waals surface area (Å²) in [5, 5.41) is 2.84. The Bertz CT molecular complexity index is 681. The zero-order chi connectivity index (χ0) is 36.4. The van der Waals surface area contributed by atoms with Crippen LogP contribution < -0.4 is 5.32 Å². The predicted octanol–water partition coefficient (Wildman–Crippen LogP) is 12.8. The van der Waals surface area contributed by atoms with Crippen molar-refractivity contribution in [2.24, 2.45) is 0 Å². The van der Waals surface area contributed by atoms with Crippen LogP contribution in [-0.2, 0) is 14.2 Å². The Morgan fingerprint density at radius 2 is 0.860 bits per heavy atom. The van der Waals surface area contributed by atoms with E-state index in [0.29, 0.717) is 33.0 Å². The molecule has 6 heteroatoms. The lowest BCUT2D eigenvalue weighted by molar-refractivity contribution is -0.0292. The molecule has 1 amide bonds. The van der Waals surface area contributed by atoms with Gasteiger partial charge in [-0.1, -0.05) is 154 Å². The summed E-state index contributed by atoms with van der Waals surface area (Å²) in [6, 6.07) is 0. The second-order valence-corrected chi connectivity index (χ2v) is 14.8. The van der Waals surface area contributed by atoms with Crippen LogP contribution >= 0.6 is 0 Å². The summed E-state index contributed by atoms with van der Waals surface area (Å²) >= 11 is 0. The molecule has 0 aromatic heterocycles. The molecule has 0 atom stereocenters. The molecule has 0 unspecified atom stereocenters. The summed E-state index contributed by atoms with van der Waals surface area (Å²) in [5.74, 6) is 0. The molecule has 0 aliphatic rings. The number of carbonyl (C=O) groups is 1. The van der Waals surface area contributed by atoms with Crippen molar-refractivity contribution >= 4 is 6.09 Å². The third-order valence-corrected chi connectivity index (χ3v) is 9.31. The first-order chi connectivity index (χ1) is 24.6. The van der Waals surface area contributed by atoms with E-state index in [2.05, 4.69) is 43.5 Å². The summed E-state index contributed by atoms with van der Waals surface area (Å²) in [5.41, 5.74) is 0. The van der Waals surface area contributed by atoms with Gasteiger partial charge in [0.2, 0.25) is 0 Å². The average molecular weight is 707 g/mol. The maximum Gasteiger partial charge on any atom is 0.407 e. The number of ether oxygens (including phenoxy) is 3. The lowest BCUT2D eigenvalue weighted by atomic mass is 10.1. The lowest BCUT2D eigenvalue weighted by Crippen LogP contribution is -2.37. The van der Waals surface area contributed by atoms with Gasteiger partial charge in [-0.25, -0.2) is 4.79 Å². The van der Waals surface area contributed by atoms with Gasteiger partial charge in [0, 0.05) is 26.3 Å². The number of hydrogen-bond acceptors (Lipinski definition) is 5. The minimum Gasteiger partial charge on any atom is -0.441 e. The number of rotatable bonds is 40. The highest BCUT2D eigenvalue weighted by atomic mass is 16.6. The van der Waals surface area contributed by atoms with E-state index in [0.717, 1.165) is 19.4 Å². The van der Waals surface area contributed by atoms with Crippen molar-refractivity contribution in [2.45, 2.75) is 200 Å². The predicted molar refractivity (Wildman–Crippen MR) is 217 cm³/mol. The van der Waals surface area contributed by atoms with Gasteiger partial charge < -0.3 is 24.4 Å². The van der Waals surface area contributed by atoms with Crippen molar-refractivity contribution in [3.8, 4) is 0 Å². The minimum atomic E-state index is -0.390.